The molecule has 0 unspecified atom stereocenters. The highest BCUT2D eigenvalue weighted by molar-refractivity contribution is 5.69. The van der Waals surface area contributed by atoms with Crippen LogP contribution in [0.2, 0.25) is 0 Å². The molecule has 20 heavy (non-hydrogen) atoms. The molecule has 118 valence electrons. The van der Waals surface area contributed by atoms with Crippen molar-refractivity contribution in [3.05, 3.63) is 0 Å². The lowest BCUT2D eigenvalue weighted by molar-refractivity contribution is 0.00529. The average Bonchev–Trinajstić information content (AvgIpc) is 2.21. The van der Waals surface area contributed by atoms with E-state index in [1.165, 1.54) is 0 Å². The Bertz CT molecular complexity index is 294. The number of ether oxygens (including phenoxy) is 2. The van der Waals surface area contributed by atoms with E-state index in [0.29, 0.717) is 12.1 Å². The van der Waals surface area contributed by atoms with E-state index in [2.05, 4.69) is 19.2 Å². The van der Waals surface area contributed by atoms with E-state index in [4.69, 9.17) is 9.47 Å². The van der Waals surface area contributed by atoms with Crippen molar-refractivity contribution in [1.82, 2.24) is 10.2 Å². The summed E-state index contributed by atoms with van der Waals surface area (Å²) in [6.07, 6.45) is 2.29. The van der Waals surface area contributed by atoms with Gasteiger partial charge in [-0.15, -0.1) is 0 Å². The van der Waals surface area contributed by atoms with Gasteiger partial charge in [-0.25, -0.2) is 4.79 Å². The second-order valence-electron chi connectivity index (χ2n) is 6.66. The van der Waals surface area contributed by atoms with E-state index in [-0.39, 0.29) is 6.09 Å². The molecule has 0 saturated carbocycles. The normalized spacial score (nSPS) is 16.4. The van der Waals surface area contributed by atoms with Gasteiger partial charge in [0, 0.05) is 25.7 Å². The van der Waals surface area contributed by atoms with Crippen LogP contribution in [-0.4, -0.2) is 55.0 Å². The molecule has 0 radical (unpaired) electrons. The van der Waals surface area contributed by atoms with Gasteiger partial charge in [0.1, 0.15) is 5.60 Å². The highest BCUT2D eigenvalue weighted by Crippen LogP contribution is 2.15. The lowest BCUT2D eigenvalue weighted by Crippen LogP contribution is -2.60. The topological polar surface area (TPSA) is 50.8 Å². The zero-order chi connectivity index (χ0) is 15.2. The number of unbranched alkanes of at least 4 members (excludes halogenated alkanes) is 1. The first-order chi connectivity index (χ1) is 9.28. The Balaban J connectivity index is 1.98. The van der Waals surface area contributed by atoms with Crippen LogP contribution in [0.3, 0.4) is 0 Å². The smallest absolute Gasteiger partial charge is 0.410 e. The van der Waals surface area contributed by atoms with E-state index in [1.807, 2.05) is 20.8 Å². The molecule has 5 nitrogen and oxygen atoms in total. The van der Waals surface area contributed by atoms with Crippen molar-refractivity contribution >= 4 is 6.09 Å². The summed E-state index contributed by atoms with van der Waals surface area (Å²) in [5.74, 6) is 0. The number of carbonyl (C=O) groups excluding carboxylic acids is 1. The number of hydrogen-bond donors (Lipinski definition) is 1. The Morgan fingerprint density at radius 3 is 2.50 bits per heavy atom. The van der Waals surface area contributed by atoms with Gasteiger partial charge in [-0.1, -0.05) is 0 Å². The second kappa shape index (κ2) is 7.84. The van der Waals surface area contributed by atoms with Crippen molar-refractivity contribution in [2.75, 3.05) is 26.2 Å². The molecule has 1 amide bonds. The standard InChI is InChI=1S/C15H30N2O3/c1-12(2)19-9-7-6-8-16-13-10-17(11-13)14(18)20-15(3,4)5/h12-13,16H,6-11H2,1-5H3. The lowest BCUT2D eigenvalue weighted by atomic mass is 10.1. The van der Waals surface area contributed by atoms with E-state index >= 15 is 0 Å². The summed E-state index contributed by atoms with van der Waals surface area (Å²) >= 11 is 0. The molecule has 0 aliphatic carbocycles. The predicted molar refractivity (Wildman–Crippen MR) is 79.9 cm³/mol. The molecule has 0 atom stereocenters. The summed E-state index contributed by atoms with van der Waals surface area (Å²) in [7, 11) is 0. The number of hydrogen-bond acceptors (Lipinski definition) is 4. The lowest BCUT2D eigenvalue weighted by Gasteiger charge is -2.40. The Kier molecular flexibility index (Phi) is 6.76. The van der Waals surface area contributed by atoms with Crippen molar-refractivity contribution < 1.29 is 14.3 Å². The fraction of sp³-hybridized carbons (Fsp3) is 0.933. The van der Waals surface area contributed by atoms with Crippen LogP contribution in [0.15, 0.2) is 0 Å². The fourth-order valence-electron chi connectivity index (χ4n) is 1.94. The van der Waals surface area contributed by atoms with Crippen LogP contribution < -0.4 is 5.32 Å². The van der Waals surface area contributed by atoms with E-state index in [0.717, 1.165) is 39.1 Å². The second-order valence-corrected chi connectivity index (χ2v) is 6.66. The number of nitrogens with one attached hydrogen (secondary N) is 1. The van der Waals surface area contributed by atoms with Crippen LogP contribution in [0.25, 0.3) is 0 Å². The Hall–Kier alpha value is -0.810. The first-order valence-electron chi connectivity index (χ1n) is 7.61. The third kappa shape index (κ3) is 7.10. The molecule has 5 heteroatoms. The summed E-state index contributed by atoms with van der Waals surface area (Å²) in [6, 6.07) is 0.411. The molecule has 1 fully saturated rings. The minimum Gasteiger partial charge on any atom is -0.444 e. The number of amides is 1. The van der Waals surface area contributed by atoms with E-state index < -0.39 is 5.60 Å². The van der Waals surface area contributed by atoms with Gasteiger partial charge in [0.15, 0.2) is 0 Å². The van der Waals surface area contributed by atoms with Crippen LogP contribution in [0, 0.1) is 0 Å². The molecule has 1 aliphatic rings. The van der Waals surface area contributed by atoms with Gasteiger partial charge in [0.25, 0.3) is 0 Å². The molecule has 0 aromatic carbocycles. The Morgan fingerprint density at radius 2 is 1.95 bits per heavy atom. The third-order valence-corrected chi connectivity index (χ3v) is 2.99. The summed E-state index contributed by atoms with van der Waals surface area (Å²) < 4.78 is 10.8. The molecule has 1 N–H and O–H groups in total. The maximum atomic E-state index is 11.7. The Labute approximate surface area is 123 Å². The van der Waals surface area contributed by atoms with Gasteiger partial charge in [0.2, 0.25) is 0 Å². The van der Waals surface area contributed by atoms with E-state index in [9.17, 15) is 4.79 Å². The van der Waals surface area contributed by atoms with Crippen LogP contribution in [0.4, 0.5) is 4.79 Å². The summed E-state index contributed by atoms with van der Waals surface area (Å²) in [4.78, 5) is 13.5. The number of rotatable bonds is 7. The SMILES string of the molecule is CC(C)OCCCCNC1CN(C(=O)OC(C)(C)C)C1. The van der Waals surface area contributed by atoms with Crippen molar-refractivity contribution in [3.8, 4) is 0 Å². The van der Waals surface area contributed by atoms with Crippen molar-refractivity contribution in [2.45, 2.75) is 65.2 Å². The van der Waals surface area contributed by atoms with Crippen molar-refractivity contribution in [3.63, 3.8) is 0 Å². The zero-order valence-corrected chi connectivity index (χ0v) is 13.6. The quantitative estimate of drug-likeness (QED) is 0.730. The maximum absolute atomic E-state index is 11.7. The summed E-state index contributed by atoms with van der Waals surface area (Å²) in [5, 5.41) is 3.45. The molecule has 0 bridgehead atoms. The minimum atomic E-state index is -0.411. The van der Waals surface area contributed by atoms with Gasteiger partial charge in [-0.2, -0.15) is 0 Å². The first-order valence-corrected chi connectivity index (χ1v) is 7.61. The molecule has 0 aromatic rings. The highest BCUT2D eigenvalue weighted by atomic mass is 16.6. The highest BCUT2D eigenvalue weighted by Gasteiger charge is 2.32. The van der Waals surface area contributed by atoms with Crippen LogP contribution in [-0.2, 0) is 9.47 Å². The average molecular weight is 286 g/mol. The van der Waals surface area contributed by atoms with E-state index in [1.54, 1.807) is 4.90 Å². The van der Waals surface area contributed by atoms with Crippen LogP contribution >= 0.6 is 0 Å². The third-order valence-electron chi connectivity index (χ3n) is 2.99. The first kappa shape index (κ1) is 17.2. The number of likely N-dealkylation sites (tertiary alicyclic amines) is 1. The van der Waals surface area contributed by atoms with Gasteiger partial charge >= 0.3 is 6.09 Å². The predicted octanol–water partition coefficient (Wildman–Crippen LogP) is 2.40. The fourth-order valence-corrected chi connectivity index (χ4v) is 1.94. The van der Waals surface area contributed by atoms with Gasteiger partial charge in [0.05, 0.1) is 6.10 Å². The van der Waals surface area contributed by atoms with Gasteiger partial charge < -0.3 is 19.7 Å². The molecule has 1 rings (SSSR count). The van der Waals surface area contributed by atoms with Crippen LogP contribution in [0.5, 0.6) is 0 Å². The molecular weight excluding hydrogens is 256 g/mol. The minimum absolute atomic E-state index is 0.208. The number of carbonyl (C=O) groups is 1. The molecule has 1 aliphatic heterocycles. The molecular formula is C15H30N2O3. The molecule has 0 aromatic heterocycles. The Morgan fingerprint density at radius 1 is 1.30 bits per heavy atom. The molecule has 1 heterocycles. The molecule has 0 spiro atoms. The summed E-state index contributed by atoms with van der Waals surface area (Å²) in [6.45, 7) is 13.1. The van der Waals surface area contributed by atoms with Crippen LogP contribution in [0.1, 0.15) is 47.5 Å². The van der Waals surface area contributed by atoms with Crippen molar-refractivity contribution in [2.24, 2.45) is 0 Å². The zero-order valence-electron chi connectivity index (χ0n) is 13.6. The van der Waals surface area contributed by atoms with Gasteiger partial charge in [-0.3, -0.25) is 0 Å². The largest absolute Gasteiger partial charge is 0.444 e. The summed E-state index contributed by atoms with van der Waals surface area (Å²) in [5.41, 5.74) is -0.411. The molecule has 1 saturated heterocycles. The monoisotopic (exact) mass is 286 g/mol. The maximum Gasteiger partial charge on any atom is 0.410 e. The number of nitrogens with zero attached hydrogens (tertiary/aromatic N) is 1. The van der Waals surface area contributed by atoms with Crippen molar-refractivity contribution in [1.29, 1.82) is 0 Å². The van der Waals surface area contributed by atoms with Gasteiger partial charge in [-0.05, 0) is 54.0 Å².